The van der Waals surface area contributed by atoms with E-state index in [4.69, 9.17) is 0 Å². The molecule has 0 bridgehead atoms. The van der Waals surface area contributed by atoms with Crippen LogP contribution in [0.2, 0.25) is 0 Å². The molecule has 12 heteroatoms. The number of anilines is 3. The molecular weight excluding hydrogens is 448 g/mol. The van der Waals surface area contributed by atoms with Gasteiger partial charge in [0.2, 0.25) is 0 Å². The van der Waals surface area contributed by atoms with Crippen molar-refractivity contribution in [1.82, 2.24) is 28.3 Å². The Morgan fingerprint density at radius 3 is 2.56 bits per heavy atom. The zero-order valence-corrected chi connectivity index (χ0v) is 18.3. The first-order valence-corrected chi connectivity index (χ1v) is 11.6. The largest absolute Gasteiger partial charge is 0.340 e. The van der Waals surface area contributed by atoms with Gasteiger partial charge in [0.15, 0.2) is 0 Å². The van der Waals surface area contributed by atoms with Crippen LogP contribution < -0.4 is 10.0 Å². The summed E-state index contributed by atoms with van der Waals surface area (Å²) >= 11 is 0.977. The molecule has 0 aliphatic rings. The molecule has 5 aromatic rings. The molecule has 3 aromatic heterocycles. The van der Waals surface area contributed by atoms with Gasteiger partial charge in [0, 0.05) is 29.8 Å². The summed E-state index contributed by atoms with van der Waals surface area (Å²) in [6.45, 7) is 1.89. The standard InChI is InChI=1S/C20H16N8O2S2/c1-13-21-9-10-28(13)19-11-18(22-12-23-19)24-14-5-7-15(8-6-14)27-32(29,30)17-4-2-3-16-20(17)26-31-25-16/h2-12,27H,1H3,(H,22,23,24). The predicted octanol–water partition coefficient (Wildman–Crippen LogP) is 3.52. The summed E-state index contributed by atoms with van der Waals surface area (Å²) in [6, 6.07) is 13.5. The first-order valence-electron chi connectivity index (χ1n) is 9.43. The number of aromatic nitrogens is 6. The predicted molar refractivity (Wildman–Crippen MR) is 122 cm³/mol. The monoisotopic (exact) mass is 464 g/mol. The minimum atomic E-state index is -3.81. The molecule has 10 nitrogen and oxygen atoms in total. The number of hydrogen-bond acceptors (Lipinski definition) is 9. The lowest BCUT2D eigenvalue weighted by Gasteiger charge is -2.11. The van der Waals surface area contributed by atoms with Crippen molar-refractivity contribution in [2.45, 2.75) is 11.8 Å². The second-order valence-electron chi connectivity index (χ2n) is 6.80. The Morgan fingerprint density at radius 2 is 1.78 bits per heavy atom. The third-order valence-corrected chi connectivity index (χ3v) is 6.63. The molecule has 5 rings (SSSR count). The molecule has 2 N–H and O–H groups in total. The van der Waals surface area contributed by atoms with Crippen molar-refractivity contribution < 1.29 is 8.42 Å². The van der Waals surface area contributed by atoms with Gasteiger partial charge in [0.1, 0.15) is 39.7 Å². The third kappa shape index (κ3) is 3.88. The summed E-state index contributed by atoms with van der Waals surface area (Å²) in [5.74, 6) is 2.10. The van der Waals surface area contributed by atoms with Gasteiger partial charge in [-0.3, -0.25) is 9.29 Å². The van der Waals surface area contributed by atoms with E-state index in [1.807, 2.05) is 17.7 Å². The van der Waals surface area contributed by atoms with E-state index in [0.29, 0.717) is 28.4 Å². The smallest absolute Gasteiger partial charge is 0.264 e. The van der Waals surface area contributed by atoms with Crippen LogP contribution in [0.25, 0.3) is 16.9 Å². The maximum absolute atomic E-state index is 12.9. The summed E-state index contributed by atoms with van der Waals surface area (Å²) in [4.78, 5) is 12.8. The quantitative estimate of drug-likeness (QED) is 0.391. The molecule has 0 unspecified atom stereocenters. The molecule has 0 fully saturated rings. The summed E-state index contributed by atoms with van der Waals surface area (Å²) in [6.07, 6.45) is 4.99. The maximum atomic E-state index is 12.9. The second kappa shape index (κ2) is 7.98. The van der Waals surface area contributed by atoms with E-state index < -0.39 is 10.0 Å². The van der Waals surface area contributed by atoms with E-state index >= 15 is 0 Å². The van der Waals surface area contributed by atoms with Crippen LogP contribution in [0.3, 0.4) is 0 Å². The fraction of sp³-hybridized carbons (Fsp3) is 0.0500. The molecule has 3 heterocycles. The Hall–Kier alpha value is -3.90. The number of nitrogens with one attached hydrogen (secondary N) is 2. The van der Waals surface area contributed by atoms with Crippen LogP contribution in [0, 0.1) is 6.92 Å². The average Bonchev–Trinajstić information content (AvgIpc) is 3.43. The number of nitrogens with zero attached hydrogens (tertiary/aromatic N) is 6. The van der Waals surface area contributed by atoms with Gasteiger partial charge in [0.05, 0.1) is 11.7 Å². The molecule has 0 saturated heterocycles. The van der Waals surface area contributed by atoms with Crippen molar-refractivity contribution in [1.29, 1.82) is 0 Å². The van der Waals surface area contributed by atoms with E-state index in [1.54, 1.807) is 48.7 Å². The Bertz CT molecular complexity index is 1510. The highest BCUT2D eigenvalue weighted by atomic mass is 32.2. The molecule has 0 aliphatic heterocycles. The topological polar surface area (TPSA) is 128 Å². The zero-order valence-electron chi connectivity index (χ0n) is 16.7. The first-order chi connectivity index (χ1) is 15.5. The second-order valence-corrected chi connectivity index (χ2v) is 8.98. The van der Waals surface area contributed by atoms with Crippen molar-refractivity contribution >= 4 is 50.0 Å². The Labute approximate surface area is 187 Å². The Morgan fingerprint density at radius 1 is 0.969 bits per heavy atom. The fourth-order valence-electron chi connectivity index (χ4n) is 3.15. The first kappa shape index (κ1) is 20.0. The maximum Gasteiger partial charge on any atom is 0.264 e. The Balaban J connectivity index is 1.34. The van der Waals surface area contributed by atoms with Gasteiger partial charge in [-0.15, -0.1) is 0 Å². The van der Waals surface area contributed by atoms with Crippen LogP contribution >= 0.6 is 11.7 Å². The summed E-state index contributed by atoms with van der Waals surface area (Å²) in [5, 5.41) is 3.19. The van der Waals surface area contributed by atoms with Crippen LogP contribution in [0.15, 0.2) is 72.1 Å². The van der Waals surface area contributed by atoms with Crippen molar-refractivity contribution in [3.63, 3.8) is 0 Å². The summed E-state index contributed by atoms with van der Waals surface area (Å²) in [7, 11) is -3.81. The van der Waals surface area contributed by atoms with Gasteiger partial charge in [0.25, 0.3) is 10.0 Å². The van der Waals surface area contributed by atoms with E-state index in [1.165, 1.54) is 12.4 Å². The summed E-state index contributed by atoms with van der Waals surface area (Å²) < 4.78 is 38.3. The zero-order chi connectivity index (χ0) is 22.1. The molecule has 0 spiro atoms. The number of aryl methyl sites for hydroxylation is 1. The number of benzene rings is 2. The lowest BCUT2D eigenvalue weighted by molar-refractivity contribution is 0.602. The van der Waals surface area contributed by atoms with E-state index in [9.17, 15) is 8.42 Å². The van der Waals surface area contributed by atoms with Gasteiger partial charge in [-0.1, -0.05) is 6.07 Å². The minimum absolute atomic E-state index is 0.0919. The van der Waals surface area contributed by atoms with Gasteiger partial charge < -0.3 is 5.32 Å². The molecule has 0 atom stereocenters. The van der Waals surface area contributed by atoms with Gasteiger partial charge >= 0.3 is 0 Å². The molecule has 0 radical (unpaired) electrons. The minimum Gasteiger partial charge on any atom is -0.340 e. The van der Waals surface area contributed by atoms with E-state index in [-0.39, 0.29) is 4.90 Å². The normalized spacial score (nSPS) is 11.5. The molecule has 0 aliphatic carbocycles. The van der Waals surface area contributed by atoms with E-state index in [0.717, 1.165) is 23.2 Å². The number of sulfonamides is 1. The molecule has 2 aromatic carbocycles. The van der Waals surface area contributed by atoms with Crippen LogP contribution in [-0.2, 0) is 10.0 Å². The van der Waals surface area contributed by atoms with Crippen molar-refractivity contribution in [2.75, 3.05) is 10.0 Å². The Kier molecular flexibility index (Phi) is 4.99. The number of hydrogen-bond donors (Lipinski definition) is 2. The SMILES string of the molecule is Cc1nccn1-c1cc(Nc2ccc(NS(=O)(=O)c3cccc4nsnc34)cc2)ncn1. The van der Waals surface area contributed by atoms with Crippen LogP contribution in [0.5, 0.6) is 0 Å². The van der Waals surface area contributed by atoms with Gasteiger partial charge in [-0.2, -0.15) is 8.75 Å². The average molecular weight is 465 g/mol. The van der Waals surface area contributed by atoms with Crippen molar-refractivity contribution in [3.05, 3.63) is 73.1 Å². The number of imidazole rings is 1. The van der Waals surface area contributed by atoms with Crippen LogP contribution in [0.4, 0.5) is 17.2 Å². The highest BCUT2D eigenvalue weighted by Gasteiger charge is 2.19. The summed E-state index contributed by atoms with van der Waals surface area (Å²) in [5.41, 5.74) is 2.07. The molecule has 32 heavy (non-hydrogen) atoms. The molecular formula is C20H16N8O2S2. The van der Waals surface area contributed by atoms with Gasteiger partial charge in [-0.05, 0) is 43.3 Å². The highest BCUT2D eigenvalue weighted by molar-refractivity contribution is 7.93. The number of rotatable bonds is 6. The van der Waals surface area contributed by atoms with Crippen LogP contribution in [0.1, 0.15) is 5.82 Å². The van der Waals surface area contributed by atoms with Crippen molar-refractivity contribution in [3.8, 4) is 5.82 Å². The fourth-order valence-corrected chi connectivity index (χ4v) is 4.97. The lowest BCUT2D eigenvalue weighted by Crippen LogP contribution is -2.13. The van der Waals surface area contributed by atoms with Gasteiger partial charge in [-0.25, -0.2) is 23.4 Å². The molecule has 0 saturated carbocycles. The van der Waals surface area contributed by atoms with E-state index in [2.05, 4.69) is 33.7 Å². The number of fused-ring (bicyclic) bond motifs is 1. The van der Waals surface area contributed by atoms with Crippen LogP contribution in [-0.4, -0.2) is 36.7 Å². The highest BCUT2D eigenvalue weighted by Crippen LogP contribution is 2.25. The third-order valence-electron chi connectivity index (χ3n) is 4.67. The lowest BCUT2D eigenvalue weighted by atomic mass is 10.3. The van der Waals surface area contributed by atoms with Crippen molar-refractivity contribution in [2.24, 2.45) is 0 Å². The molecule has 160 valence electrons. The molecule has 0 amide bonds.